The van der Waals surface area contributed by atoms with E-state index in [1.54, 1.807) is 6.20 Å². The Kier molecular flexibility index (Phi) is 8.81. The van der Waals surface area contributed by atoms with Gasteiger partial charge in [0.25, 0.3) is 0 Å². The fraction of sp³-hybridized carbons (Fsp3) is 0.267. The third-order valence-electron chi connectivity index (χ3n) is 3.17. The molecule has 9 heteroatoms. The van der Waals surface area contributed by atoms with Crippen molar-refractivity contribution >= 4 is 15.9 Å². The van der Waals surface area contributed by atoms with Gasteiger partial charge in [-0.25, -0.2) is 13.4 Å². The molecule has 0 amide bonds. The van der Waals surface area contributed by atoms with E-state index in [0.29, 0.717) is 18.9 Å². The van der Waals surface area contributed by atoms with E-state index in [1.807, 2.05) is 30.1 Å². The molecule has 1 atom stereocenters. The van der Waals surface area contributed by atoms with E-state index < -0.39 is 15.6 Å². The van der Waals surface area contributed by atoms with Crippen molar-refractivity contribution < 1.29 is 74.2 Å². The Morgan fingerprint density at radius 2 is 1.92 bits per heavy atom. The van der Waals surface area contributed by atoms with Gasteiger partial charge < -0.3 is 19.3 Å². The van der Waals surface area contributed by atoms with Crippen LogP contribution in [0.25, 0.3) is 0 Å². The fourth-order valence-corrected chi connectivity index (χ4v) is 2.38. The quantitative estimate of drug-likeness (QED) is 0.446. The van der Waals surface area contributed by atoms with E-state index in [9.17, 15) is 18.1 Å². The zero-order valence-corrected chi connectivity index (χ0v) is 17.4. The summed E-state index contributed by atoms with van der Waals surface area (Å²) in [6.45, 7) is 1.01. The zero-order chi connectivity index (χ0) is 16.9. The molecule has 1 unspecified atom stereocenters. The van der Waals surface area contributed by atoms with Crippen LogP contribution in [-0.2, 0) is 10.1 Å². The van der Waals surface area contributed by atoms with Crippen molar-refractivity contribution in [3.8, 4) is 5.75 Å². The molecule has 0 bridgehead atoms. The summed E-state index contributed by atoms with van der Waals surface area (Å²) in [5, 5.41) is 9.37. The van der Waals surface area contributed by atoms with Gasteiger partial charge in [-0.15, -0.1) is 0 Å². The molecule has 7 nitrogen and oxygen atoms in total. The maximum atomic E-state index is 10.8. The molecule has 2 aromatic rings. The molecule has 1 N–H and O–H groups in total. The van der Waals surface area contributed by atoms with Crippen molar-refractivity contribution in [2.45, 2.75) is 5.44 Å². The monoisotopic (exact) mass is 376 g/mol. The van der Waals surface area contributed by atoms with Crippen LogP contribution in [0.3, 0.4) is 0 Å². The van der Waals surface area contributed by atoms with Gasteiger partial charge in [-0.1, -0.05) is 18.2 Å². The summed E-state index contributed by atoms with van der Waals surface area (Å²) in [5.74, 6) is 1.34. The molecule has 0 aliphatic rings. The number of aliphatic hydroxyl groups is 1. The first-order chi connectivity index (χ1) is 10.9. The summed E-state index contributed by atoms with van der Waals surface area (Å²) in [7, 11) is -2.88. The standard InChI is InChI=1S/C15H18N2O5S.K/c1-17(14-4-2-3-9-16-14)10-11-22-13-7-5-12(6-8-13)15(18)23(19,20)21;/h2-9,15,18H,10-11H2,1H3,(H,19,20,21);/q;+1/p-1. The summed E-state index contributed by atoms with van der Waals surface area (Å²) in [6.07, 6.45) is 1.71. The van der Waals surface area contributed by atoms with Gasteiger partial charge >= 0.3 is 51.4 Å². The summed E-state index contributed by atoms with van der Waals surface area (Å²) in [6, 6.07) is 11.3. The second-order valence-corrected chi connectivity index (χ2v) is 6.30. The largest absolute Gasteiger partial charge is 1.00 e. The minimum atomic E-state index is -4.78. The molecular weight excluding hydrogens is 359 g/mol. The molecule has 0 fully saturated rings. The smallest absolute Gasteiger partial charge is 0.746 e. The maximum absolute atomic E-state index is 10.8. The van der Waals surface area contributed by atoms with Gasteiger partial charge in [-0.2, -0.15) is 0 Å². The second kappa shape index (κ2) is 9.83. The molecule has 0 radical (unpaired) electrons. The van der Waals surface area contributed by atoms with Crippen LogP contribution in [-0.4, -0.2) is 43.3 Å². The Balaban J connectivity index is 0.00000288. The average molecular weight is 376 g/mol. The Morgan fingerprint density at radius 1 is 1.25 bits per heavy atom. The van der Waals surface area contributed by atoms with E-state index in [2.05, 4.69) is 4.98 Å². The Labute approximate surface area is 183 Å². The Bertz CT molecular complexity index is 725. The SMILES string of the molecule is CN(CCOc1ccc(C(O)S(=O)(=O)[O-])cc1)c1ccccn1.[K+]. The summed E-state index contributed by atoms with van der Waals surface area (Å²) in [5.41, 5.74) is -2.05. The van der Waals surface area contributed by atoms with Crippen LogP contribution in [0.15, 0.2) is 48.7 Å². The van der Waals surface area contributed by atoms with Crippen molar-refractivity contribution in [3.05, 3.63) is 54.2 Å². The average Bonchev–Trinajstić information content (AvgIpc) is 2.54. The van der Waals surface area contributed by atoms with E-state index in [0.717, 1.165) is 5.82 Å². The van der Waals surface area contributed by atoms with Gasteiger partial charge in [0.2, 0.25) is 0 Å². The molecule has 0 saturated carbocycles. The maximum Gasteiger partial charge on any atom is 1.00 e. The van der Waals surface area contributed by atoms with Crippen molar-refractivity contribution in [3.63, 3.8) is 0 Å². The Morgan fingerprint density at radius 3 is 2.46 bits per heavy atom. The van der Waals surface area contributed by atoms with Crippen LogP contribution < -0.4 is 61.0 Å². The number of aromatic nitrogens is 1. The Hall–Kier alpha value is -0.524. The number of aliphatic hydroxyl groups excluding tert-OH is 1. The number of benzene rings is 1. The zero-order valence-electron chi connectivity index (χ0n) is 13.5. The predicted molar refractivity (Wildman–Crippen MR) is 84.1 cm³/mol. The number of likely N-dealkylation sites (N-methyl/N-ethyl adjacent to an activating group) is 1. The molecule has 24 heavy (non-hydrogen) atoms. The number of hydrogen-bond donors (Lipinski definition) is 1. The summed E-state index contributed by atoms with van der Waals surface area (Å²) >= 11 is 0. The normalized spacial score (nSPS) is 12.1. The van der Waals surface area contributed by atoms with Crippen LogP contribution >= 0.6 is 0 Å². The van der Waals surface area contributed by atoms with Crippen molar-refractivity contribution in [2.75, 3.05) is 25.1 Å². The molecule has 0 aliphatic heterocycles. The molecule has 1 aromatic carbocycles. The topological polar surface area (TPSA) is 103 Å². The number of nitrogens with zero attached hydrogens (tertiary/aromatic N) is 2. The van der Waals surface area contributed by atoms with Gasteiger partial charge in [0.1, 0.15) is 28.3 Å². The van der Waals surface area contributed by atoms with Gasteiger partial charge in [-0.3, -0.25) is 0 Å². The van der Waals surface area contributed by atoms with Crippen LogP contribution in [0, 0.1) is 0 Å². The van der Waals surface area contributed by atoms with Gasteiger partial charge in [0, 0.05) is 13.2 Å². The molecule has 1 heterocycles. The van der Waals surface area contributed by atoms with Crippen LogP contribution in [0.5, 0.6) is 5.75 Å². The third kappa shape index (κ3) is 6.41. The van der Waals surface area contributed by atoms with E-state index >= 15 is 0 Å². The van der Waals surface area contributed by atoms with Crippen LogP contribution in [0.1, 0.15) is 11.0 Å². The molecular formula is C15H17KN2O5S. The first-order valence-corrected chi connectivity index (χ1v) is 8.33. The molecule has 0 spiro atoms. The number of anilines is 1. The van der Waals surface area contributed by atoms with Crippen molar-refractivity contribution in [1.82, 2.24) is 4.98 Å². The molecule has 2 rings (SSSR count). The molecule has 124 valence electrons. The molecule has 1 aromatic heterocycles. The van der Waals surface area contributed by atoms with Gasteiger partial charge in [0.15, 0.2) is 5.44 Å². The molecule has 0 saturated heterocycles. The van der Waals surface area contributed by atoms with Gasteiger partial charge in [-0.05, 0) is 29.8 Å². The van der Waals surface area contributed by atoms with Crippen molar-refractivity contribution in [1.29, 1.82) is 0 Å². The van der Waals surface area contributed by atoms with E-state index in [4.69, 9.17) is 4.74 Å². The van der Waals surface area contributed by atoms with E-state index in [1.165, 1.54) is 24.3 Å². The summed E-state index contributed by atoms with van der Waals surface area (Å²) in [4.78, 5) is 6.15. The first kappa shape index (κ1) is 21.5. The number of ether oxygens (including phenoxy) is 1. The van der Waals surface area contributed by atoms with Crippen LogP contribution in [0.4, 0.5) is 5.82 Å². The number of hydrogen-bond acceptors (Lipinski definition) is 7. The van der Waals surface area contributed by atoms with Crippen molar-refractivity contribution in [2.24, 2.45) is 0 Å². The number of rotatable bonds is 7. The minimum absolute atomic E-state index is 0. The van der Waals surface area contributed by atoms with Gasteiger partial charge in [0.05, 0.1) is 6.54 Å². The summed E-state index contributed by atoms with van der Waals surface area (Å²) < 4.78 is 37.8. The van der Waals surface area contributed by atoms with E-state index in [-0.39, 0.29) is 56.9 Å². The first-order valence-electron chi connectivity index (χ1n) is 6.85. The minimum Gasteiger partial charge on any atom is -0.746 e. The third-order valence-corrected chi connectivity index (χ3v) is 3.99. The fourth-order valence-electron chi connectivity index (χ4n) is 1.89. The molecule has 0 aliphatic carbocycles. The second-order valence-electron chi connectivity index (χ2n) is 4.87. The van der Waals surface area contributed by atoms with Crippen LogP contribution in [0.2, 0.25) is 0 Å². The number of pyridine rings is 1. The predicted octanol–water partition coefficient (Wildman–Crippen LogP) is -1.86.